The molecule has 3 rings (SSSR count). The predicted molar refractivity (Wildman–Crippen MR) is 78.6 cm³/mol. The fraction of sp³-hybridized carbons (Fsp3) is 0.333. The van der Waals surface area contributed by atoms with Gasteiger partial charge in [0.25, 0.3) is 11.8 Å². The van der Waals surface area contributed by atoms with Gasteiger partial charge in [0, 0.05) is 31.3 Å². The largest absolute Gasteiger partial charge is 0.439 e. The number of carbonyl (C=O) groups excluding carboxylic acids is 4. The van der Waals surface area contributed by atoms with Gasteiger partial charge in [0.15, 0.2) is 6.61 Å². The summed E-state index contributed by atoms with van der Waals surface area (Å²) in [6.07, 6.45) is -0.647. The van der Waals surface area contributed by atoms with Gasteiger partial charge in [-0.2, -0.15) is 0 Å². The molecule has 120 valence electrons. The maximum Gasteiger partial charge on any atom is 0.417 e. The summed E-state index contributed by atoms with van der Waals surface area (Å²) in [5.74, 6) is -0.737. The molecule has 0 atom stereocenters. The number of carbonyl (C=O) groups is 4. The lowest BCUT2D eigenvalue weighted by Crippen LogP contribution is -2.62. The van der Waals surface area contributed by atoms with E-state index >= 15 is 0 Å². The average Bonchev–Trinajstić information content (AvgIpc) is 2.78. The lowest BCUT2D eigenvalue weighted by atomic mass is 10.0. The molecule has 2 aliphatic heterocycles. The molecule has 1 aromatic carbocycles. The lowest BCUT2D eigenvalue weighted by Gasteiger charge is -2.41. The quantitative estimate of drug-likeness (QED) is 0.873. The number of rotatable bonds is 3. The first kappa shape index (κ1) is 15.0. The molecule has 23 heavy (non-hydrogen) atoms. The third kappa shape index (κ3) is 2.87. The summed E-state index contributed by atoms with van der Waals surface area (Å²) in [5.41, 5.74) is 1.09. The van der Waals surface area contributed by atoms with E-state index < -0.39 is 6.09 Å². The zero-order valence-electron chi connectivity index (χ0n) is 12.4. The van der Waals surface area contributed by atoms with Gasteiger partial charge in [-0.15, -0.1) is 0 Å². The summed E-state index contributed by atoms with van der Waals surface area (Å²) in [4.78, 5) is 48.9. The van der Waals surface area contributed by atoms with Crippen LogP contribution in [-0.2, 0) is 14.3 Å². The topological polar surface area (TPSA) is 96.0 Å². The monoisotopic (exact) mass is 317 g/mol. The number of ether oxygens (including phenoxy) is 1. The Kier molecular flexibility index (Phi) is 3.73. The van der Waals surface area contributed by atoms with Gasteiger partial charge in [0.2, 0.25) is 5.91 Å². The van der Waals surface area contributed by atoms with Gasteiger partial charge in [-0.1, -0.05) is 0 Å². The van der Waals surface area contributed by atoms with Gasteiger partial charge in [0.1, 0.15) is 0 Å². The van der Waals surface area contributed by atoms with Crippen LogP contribution in [0.3, 0.4) is 0 Å². The summed E-state index contributed by atoms with van der Waals surface area (Å²) in [6.45, 7) is 1.78. The van der Waals surface area contributed by atoms with Crippen molar-refractivity contribution in [3.63, 3.8) is 0 Å². The van der Waals surface area contributed by atoms with E-state index in [1.807, 2.05) is 0 Å². The highest BCUT2D eigenvalue weighted by atomic mass is 16.6. The molecule has 2 saturated heterocycles. The van der Waals surface area contributed by atoms with Crippen molar-refractivity contribution in [3.05, 3.63) is 29.8 Å². The Bertz CT molecular complexity index is 663. The van der Waals surface area contributed by atoms with Crippen LogP contribution in [0.1, 0.15) is 17.3 Å². The second-order valence-electron chi connectivity index (χ2n) is 5.44. The van der Waals surface area contributed by atoms with Crippen molar-refractivity contribution in [3.8, 4) is 0 Å². The minimum absolute atomic E-state index is 0.183. The van der Waals surface area contributed by atoms with Gasteiger partial charge in [-0.25, -0.2) is 9.69 Å². The second kappa shape index (κ2) is 5.71. The fourth-order valence-corrected chi connectivity index (χ4v) is 2.58. The van der Waals surface area contributed by atoms with Crippen LogP contribution in [0.25, 0.3) is 0 Å². The highest BCUT2D eigenvalue weighted by Gasteiger charge is 2.44. The van der Waals surface area contributed by atoms with Crippen LogP contribution in [0.5, 0.6) is 0 Å². The third-order valence-electron chi connectivity index (χ3n) is 3.75. The number of imide groups is 1. The van der Waals surface area contributed by atoms with Crippen molar-refractivity contribution in [2.75, 3.05) is 25.0 Å². The first-order valence-corrected chi connectivity index (χ1v) is 7.11. The average molecular weight is 317 g/mol. The van der Waals surface area contributed by atoms with Crippen molar-refractivity contribution in [2.24, 2.45) is 0 Å². The maximum atomic E-state index is 12.3. The standard InChI is InChI=1S/C15H15N3O5/c1-9(19)16-11-4-2-10(3-5-11)14(21)17-6-12(7-17)18-13(20)8-23-15(18)22/h2-5,12H,6-8H2,1H3,(H,16,19). The number of nitrogens with one attached hydrogen (secondary N) is 1. The molecule has 2 aliphatic rings. The van der Waals surface area contributed by atoms with E-state index in [4.69, 9.17) is 0 Å². The number of benzene rings is 1. The van der Waals surface area contributed by atoms with Crippen LogP contribution in [0.2, 0.25) is 0 Å². The Morgan fingerprint density at radius 1 is 1.17 bits per heavy atom. The summed E-state index contributed by atoms with van der Waals surface area (Å²) < 4.78 is 4.66. The zero-order valence-corrected chi connectivity index (χ0v) is 12.4. The molecular weight excluding hydrogens is 302 g/mol. The van der Waals surface area contributed by atoms with Gasteiger partial charge >= 0.3 is 6.09 Å². The summed E-state index contributed by atoms with van der Waals surface area (Å²) >= 11 is 0. The van der Waals surface area contributed by atoms with E-state index in [0.717, 1.165) is 4.90 Å². The van der Waals surface area contributed by atoms with Crippen molar-refractivity contribution < 1.29 is 23.9 Å². The number of cyclic esters (lactones) is 1. The number of nitrogens with zero attached hydrogens (tertiary/aromatic N) is 2. The van der Waals surface area contributed by atoms with Crippen molar-refractivity contribution in [2.45, 2.75) is 13.0 Å². The molecule has 0 unspecified atom stereocenters. The molecule has 8 nitrogen and oxygen atoms in total. The first-order valence-electron chi connectivity index (χ1n) is 7.11. The highest BCUT2D eigenvalue weighted by Crippen LogP contribution is 2.22. The normalized spacial score (nSPS) is 17.8. The van der Waals surface area contributed by atoms with E-state index in [1.165, 1.54) is 6.92 Å². The minimum atomic E-state index is -0.647. The summed E-state index contributed by atoms with van der Waals surface area (Å²) in [7, 11) is 0. The predicted octanol–water partition coefficient (Wildman–Crippen LogP) is 0.448. The van der Waals surface area contributed by atoms with Crippen LogP contribution in [0.15, 0.2) is 24.3 Å². The molecule has 8 heteroatoms. The number of amides is 4. The molecule has 0 aliphatic carbocycles. The Morgan fingerprint density at radius 3 is 2.35 bits per heavy atom. The fourth-order valence-electron chi connectivity index (χ4n) is 2.58. The van der Waals surface area contributed by atoms with E-state index in [2.05, 4.69) is 10.1 Å². The van der Waals surface area contributed by atoms with E-state index in [0.29, 0.717) is 24.3 Å². The summed E-state index contributed by atoms with van der Waals surface area (Å²) in [6, 6.07) is 6.22. The molecule has 4 amide bonds. The molecule has 2 fully saturated rings. The van der Waals surface area contributed by atoms with Gasteiger partial charge in [-0.3, -0.25) is 14.4 Å². The Balaban J connectivity index is 1.59. The van der Waals surface area contributed by atoms with E-state index in [1.54, 1.807) is 29.2 Å². The molecule has 0 radical (unpaired) electrons. The minimum Gasteiger partial charge on any atom is -0.439 e. The maximum absolute atomic E-state index is 12.3. The van der Waals surface area contributed by atoms with E-state index in [9.17, 15) is 19.2 Å². The van der Waals surface area contributed by atoms with Crippen molar-refractivity contribution in [1.29, 1.82) is 0 Å². The molecule has 0 aromatic heterocycles. The molecule has 0 saturated carbocycles. The molecule has 1 aromatic rings. The number of hydrogen-bond acceptors (Lipinski definition) is 5. The first-order chi connectivity index (χ1) is 11.0. The Hall–Kier alpha value is -2.90. The number of hydrogen-bond donors (Lipinski definition) is 1. The van der Waals surface area contributed by atoms with E-state index in [-0.39, 0.29) is 30.4 Å². The molecule has 2 heterocycles. The second-order valence-corrected chi connectivity index (χ2v) is 5.44. The van der Waals surface area contributed by atoms with Crippen molar-refractivity contribution in [1.82, 2.24) is 9.80 Å². The molecule has 0 spiro atoms. The van der Waals surface area contributed by atoms with Crippen LogP contribution in [0.4, 0.5) is 10.5 Å². The Morgan fingerprint density at radius 2 is 1.83 bits per heavy atom. The highest BCUT2D eigenvalue weighted by molar-refractivity contribution is 5.99. The van der Waals surface area contributed by atoms with Crippen molar-refractivity contribution >= 4 is 29.5 Å². The lowest BCUT2D eigenvalue weighted by molar-refractivity contribution is -0.129. The Labute approximate surface area is 132 Å². The van der Waals surface area contributed by atoms with Gasteiger partial charge in [-0.05, 0) is 24.3 Å². The molecular formula is C15H15N3O5. The number of anilines is 1. The smallest absolute Gasteiger partial charge is 0.417 e. The van der Waals surface area contributed by atoms with Gasteiger partial charge < -0.3 is 15.0 Å². The van der Waals surface area contributed by atoms with Crippen LogP contribution < -0.4 is 5.32 Å². The van der Waals surface area contributed by atoms with Gasteiger partial charge in [0.05, 0.1) is 6.04 Å². The molecule has 1 N–H and O–H groups in total. The third-order valence-corrected chi connectivity index (χ3v) is 3.75. The zero-order chi connectivity index (χ0) is 16.6. The molecule has 0 bridgehead atoms. The SMILES string of the molecule is CC(=O)Nc1ccc(C(=O)N2CC(N3C(=O)COC3=O)C2)cc1. The van der Waals surface area contributed by atoms with Crippen LogP contribution in [0, 0.1) is 0 Å². The van der Waals surface area contributed by atoms with Crippen LogP contribution >= 0.6 is 0 Å². The number of likely N-dealkylation sites (tertiary alicyclic amines) is 1. The summed E-state index contributed by atoms with van der Waals surface area (Å²) in [5, 5.41) is 2.62. The van der Waals surface area contributed by atoms with Crippen LogP contribution in [-0.4, -0.2) is 59.4 Å².